The summed E-state index contributed by atoms with van der Waals surface area (Å²) in [5, 5.41) is 11.2. The first-order valence-electron chi connectivity index (χ1n) is 5.95. The Morgan fingerprint density at radius 2 is 1.89 bits per heavy atom. The number of halogens is 1. The number of carbonyl (C=O) groups excluding carboxylic acids is 2. The van der Waals surface area contributed by atoms with Crippen LogP contribution in [0.25, 0.3) is 0 Å². The van der Waals surface area contributed by atoms with Gasteiger partial charge in [0.15, 0.2) is 0 Å². The van der Waals surface area contributed by atoms with Crippen LogP contribution in [0.15, 0.2) is 28.7 Å². The largest absolute Gasteiger partial charge is 0.530 e. The number of aldehydes is 1. The van der Waals surface area contributed by atoms with Crippen molar-refractivity contribution in [2.45, 2.75) is 38.8 Å². The second-order valence-corrected chi connectivity index (χ2v) is 6.26. The maximum absolute atomic E-state index is 11.2. The molecule has 0 aliphatic rings. The van der Waals surface area contributed by atoms with Gasteiger partial charge in [0.05, 0.1) is 6.04 Å². The number of carbonyl (C=O) groups is 2. The summed E-state index contributed by atoms with van der Waals surface area (Å²) in [5.74, 6) is 0. The zero-order valence-corrected chi connectivity index (χ0v) is 12.8. The summed E-state index contributed by atoms with van der Waals surface area (Å²) >= 11 is 3.33. The Balaban J connectivity index is 2.96. The molecule has 0 heterocycles. The van der Waals surface area contributed by atoms with Crippen LogP contribution in [0.3, 0.4) is 0 Å². The van der Waals surface area contributed by atoms with Gasteiger partial charge in [-0.1, -0.05) is 28.1 Å². The van der Waals surface area contributed by atoms with E-state index >= 15 is 0 Å². The summed E-state index contributed by atoms with van der Waals surface area (Å²) in [4.78, 5) is 23.6. The number of rotatable bonds is 4. The highest BCUT2D eigenvalue weighted by Gasteiger charge is 2.28. The molecular formula is C14H17BrNO3-. The van der Waals surface area contributed by atoms with Crippen molar-refractivity contribution < 1.29 is 14.7 Å². The summed E-state index contributed by atoms with van der Waals surface area (Å²) < 4.78 is 0.937. The van der Waals surface area contributed by atoms with Crippen molar-refractivity contribution in [1.29, 1.82) is 0 Å². The van der Waals surface area contributed by atoms with E-state index in [0.29, 0.717) is 12.7 Å². The summed E-state index contributed by atoms with van der Waals surface area (Å²) in [6.45, 7) is 5.21. The average Bonchev–Trinajstić information content (AvgIpc) is 2.28. The van der Waals surface area contributed by atoms with Crippen LogP contribution in [0.4, 0.5) is 4.79 Å². The standard InChI is InChI=1S/C14H18BrNO3/c1-14(2,3)16(13(18)19)12(9-17)8-10-4-6-11(15)7-5-10/h4-7,9,12H,8H2,1-3H3,(H,18,19)/p-1/t12-/m0/s1. The van der Waals surface area contributed by atoms with Crippen molar-refractivity contribution in [2.24, 2.45) is 0 Å². The topological polar surface area (TPSA) is 60.4 Å². The molecule has 0 fully saturated rings. The number of amides is 1. The van der Waals surface area contributed by atoms with Crippen molar-refractivity contribution in [3.8, 4) is 0 Å². The Hall–Kier alpha value is -1.36. The van der Waals surface area contributed by atoms with Gasteiger partial charge in [0, 0.05) is 10.0 Å². The molecule has 0 bridgehead atoms. The number of hydrogen-bond acceptors (Lipinski definition) is 3. The molecule has 1 atom stereocenters. The molecule has 0 radical (unpaired) electrons. The fraction of sp³-hybridized carbons (Fsp3) is 0.429. The second kappa shape index (κ2) is 6.19. The minimum atomic E-state index is -1.33. The lowest BCUT2D eigenvalue weighted by Gasteiger charge is -2.41. The molecule has 1 aromatic rings. The fourth-order valence-electron chi connectivity index (χ4n) is 1.97. The number of benzene rings is 1. The van der Waals surface area contributed by atoms with E-state index in [2.05, 4.69) is 15.9 Å². The molecule has 1 aromatic carbocycles. The monoisotopic (exact) mass is 326 g/mol. The smallest absolute Gasteiger partial charge is 0.142 e. The molecular weight excluding hydrogens is 310 g/mol. The maximum Gasteiger partial charge on any atom is 0.142 e. The van der Waals surface area contributed by atoms with E-state index in [9.17, 15) is 14.7 Å². The van der Waals surface area contributed by atoms with Gasteiger partial charge in [-0.25, -0.2) is 0 Å². The van der Waals surface area contributed by atoms with Gasteiger partial charge >= 0.3 is 0 Å². The summed E-state index contributed by atoms with van der Waals surface area (Å²) in [7, 11) is 0. The molecule has 104 valence electrons. The van der Waals surface area contributed by atoms with Crippen LogP contribution in [-0.4, -0.2) is 28.9 Å². The van der Waals surface area contributed by atoms with Gasteiger partial charge in [-0.05, 0) is 44.9 Å². The third kappa shape index (κ3) is 4.35. The minimum absolute atomic E-state index is 0.335. The summed E-state index contributed by atoms with van der Waals surface area (Å²) in [5.41, 5.74) is 0.218. The quantitative estimate of drug-likeness (QED) is 0.795. The van der Waals surface area contributed by atoms with Crippen molar-refractivity contribution >= 4 is 28.3 Å². The number of hydrogen-bond donors (Lipinski definition) is 0. The Bertz CT molecular complexity index is 451. The van der Waals surface area contributed by atoms with Gasteiger partial charge in [-0.15, -0.1) is 0 Å². The predicted molar refractivity (Wildman–Crippen MR) is 74.7 cm³/mol. The second-order valence-electron chi connectivity index (χ2n) is 5.34. The van der Waals surface area contributed by atoms with Crippen LogP contribution in [0.2, 0.25) is 0 Å². The Labute approximate surface area is 121 Å². The Morgan fingerprint density at radius 3 is 2.26 bits per heavy atom. The molecule has 0 N–H and O–H groups in total. The summed E-state index contributed by atoms with van der Waals surface area (Å²) in [6, 6.07) is 6.69. The molecule has 1 amide bonds. The maximum atomic E-state index is 11.2. The van der Waals surface area contributed by atoms with E-state index in [1.165, 1.54) is 0 Å². The highest BCUT2D eigenvalue weighted by atomic mass is 79.9. The zero-order valence-electron chi connectivity index (χ0n) is 11.2. The highest BCUT2D eigenvalue weighted by molar-refractivity contribution is 9.10. The minimum Gasteiger partial charge on any atom is -0.530 e. The van der Waals surface area contributed by atoms with E-state index in [0.717, 1.165) is 14.9 Å². The van der Waals surface area contributed by atoms with E-state index < -0.39 is 17.7 Å². The molecule has 4 nitrogen and oxygen atoms in total. The Morgan fingerprint density at radius 1 is 1.37 bits per heavy atom. The molecule has 0 saturated heterocycles. The first kappa shape index (κ1) is 15.7. The van der Waals surface area contributed by atoms with Gasteiger partial charge in [-0.3, -0.25) is 0 Å². The fourth-order valence-corrected chi connectivity index (χ4v) is 2.23. The van der Waals surface area contributed by atoms with Gasteiger partial charge in [-0.2, -0.15) is 0 Å². The predicted octanol–water partition coefficient (Wildman–Crippen LogP) is 2.00. The molecule has 0 spiro atoms. The molecule has 0 aromatic heterocycles. The van der Waals surface area contributed by atoms with Crippen LogP contribution in [0, 0.1) is 0 Å². The van der Waals surface area contributed by atoms with Gasteiger partial charge < -0.3 is 19.6 Å². The van der Waals surface area contributed by atoms with Gasteiger partial charge in [0.25, 0.3) is 0 Å². The van der Waals surface area contributed by atoms with Crippen molar-refractivity contribution in [3.05, 3.63) is 34.3 Å². The lowest BCUT2D eigenvalue weighted by atomic mass is 9.99. The molecule has 0 aliphatic carbocycles. The van der Waals surface area contributed by atoms with E-state index in [-0.39, 0.29) is 0 Å². The summed E-state index contributed by atoms with van der Waals surface area (Å²) in [6.07, 6.45) is -0.341. The van der Waals surface area contributed by atoms with Gasteiger partial charge in [0.1, 0.15) is 12.4 Å². The van der Waals surface area contributed by atoms with Crippen LogP contribution >= 0.6 is 15.9 Å². The van der Waals surface area contributed by atoms with Crippen LogP contribution < -0.4 is 5.11 Å². The molecule has 0 unspecified atom stereocenters. The number of nitrogens with zero attached hydrogens (tertiary/aromatic N) is 1. The van der Waals surface area contributed by atoms with E-state index in [1.54, 1.807) is 20.8 Å². The first-order chi connectivity index (χ1) is 8.75. The lowest BCUT2D eigenvalue weighted by molar-refractivity contribution is -0.272. The Kier molecular flexibility index (Phi) is 5.11. The normalized spacial score (nSPS) is 12.8. The third-order valence-corrected chi connectivity index (χ3v) is 3.29. The van der Waals surface area contributed by atoms with Crippen molar-refractivity contribution in [3.63, 3.8) is 0 Å². The third-order valence-electron chi connectivity index (χ3n) is 2.77. The molecule has 5 heteroatoms. The molecule has 19 heavy (non-hydrogen) atoms. The van der Waals surface area contributed by atoms with Crippen molar-refractivity contribution in [1.82, 2.24) is 4.90 Å². The molecule has 0 saturated carbocycles. The molecule has 1 rings (SSSR count). The molecule has 0 aliphatic heterocycles. The zero-order chi connectivity index (χ0) is 14.6. The van der Waals surface area contributed by atoms with E-state index in [1.807, 2.05) is 24.3 Å². The van der Waals surface area contributed by atoms with E-state index in [4.69, 9.17) is 0 Å². The first-order valence-corrected chi connectivity index (χ1v) is 6.75. The van der Waals surface area contributed by atoms with Gasteiger partial charge in [0.2, 0.25) is 0 Å². The van der Waals surface area contributed by atoms with Crippen LogP contribution in [0.1, 0.15) is 26.3 Å². The van der Waals surface area contributed by atoms with Crippen LogP contribution in [-0.2, 0) is 11.2 Å². The lowest BCUT2D eigenvalue weighted by Crippen LogP contribution is -2.57. The average molecular weight is 327 g/mol. The highest BCUT2D eigenvalue weighted by Crippen LogP contribution is 2.19. The number of carboxylic acid groups (broad SMARTS) is 1. The van der Waals surface area contributed by atoms with Crippen LogP contribution in [0.5, 0.6) is 0 Å². The van der Waals surface area contributed by atoms with Crippen molar-refractivity contribution in [2.75, 3.05) is 0 Å². The SMILES string of the molecule is CC(C)(C)N(C(=O)[O-])[C@H](C=O)Cc1ccc(Br)cc1.